The number of nitrogens with one attached hydrogen (secondary N) is 1. The fraction of sp³-hybridized carbons (Fsp3) is 0.375. The third-order valence-electron chi connectivity index (χ3n) is 3.24. The molecule has 0 bridgehead atoms. The number of hydrogen-bond donors (Lipinski definition) is 2. The number of aromatic nitrogens is 2. The summed E-state index contributed by atoms with van der Waals surface area (Å²) in [6.45, 7) is 4.68. The number of anilines is 1. The van der Waals surface area contributed by atoms with Gasteiger partial charge in [-0.2, -0.15) is 5.10 Å². The van der Waals surface area contributed by atoms with Gasteiger partial charge in [-0.1, -0.05) is 0 Å². The average molecular weight is 320 g/mol. The Kier molecular flexibility index (Phi) is 5.70. The van der Waals surface area contributed by atoms with E-state index in [4.69, 9.17) is 10.5 Å². The van der Waals surface area contributed by atoms with Crippen LogP contribution in [0.3, 0.4) is 0 Å². The van der Waals surface area contributed by atoms with Crippen LogP contribution in [0.5, 0.6) is 5.75 Å². The van der Waals surface area contributed by atoms with Crippen LogP contribution in [0.1, 0.15) is 19.0 Å². The Balaban J connectivity index is 1.80. The van der Waals surface area contributed by atoms with Crippen LogP contribution in [-0.2, 0) is 11.3 Å². The maximum atomic E-state index is 12.8. The zero-order valence-corrected chi connectivity index (χ0v) is 13.3. The second kappa shape index (κ2) is 7.73. The van der Waals surface area contributed by atoms with E-state index in [1.807, 2.05) is 6.92 Å². The van der Waals surface area contributed by atoms with E-state index in [0.29, 0.717) is 24.7 Å². The van der Waals surface area contributed by atoms with Crippen LogP contribution in [0.15, 0.2) is 30.3 Å². The molecule has 124 valence electrons. The Labute approximate surface area is 134 Å². The van der Waals surface area contributed by atoms with E-state index >= 15 is 0 Å². The predicted octanol–water partition coefficient (Wildman–Crippen LogP) is 2.09. The van der Waals surface area contributed by atoms with Crippen molar-refractivity contribution in [2.75, 3.05) is 11.9 Å². The maximum Gasteiger partial charge on any atom is 0.242 e. The molecule has 1 aromatic carbocycles. The number of hydrogen-bond acceptors (Lipinski definition) is 4. The molecule has 0 saturated heterocycles. The number of rotatable bonds is 7. The fourth-order valence-corrected chi connectivity index (χ4v) is 1.97. The molecule has 1 atom stereocenters. The minimum atomic E-state index is -0.579. The first-order chi connectivity index (χ1) is 11.0. The lowest BCUT2D eigenvalue weighted by molar-refractivity contribution is -0.117. The highest BCUT2D eigenvalue weighted by Gasteiger charge is 2.11. The van der Waals surface area contributed by atoms with Crippen molar-refractivity contribution in [2.24, 2.45) is 5.73 Å². The predicted molar refractivity (Wildman–Crippen MR) is 85.8 cm³/mol. The average Bonchev–Trinajstić information content (AvgIpc) is 2.85. The van der Waals surface area contributed by atoms with Crippen molar-refractivity contribution in [1.29, 1.82) is 0 Å². The molecular formula is C16H21FN4O2. The molecule has 0 radical (unpaired) electrons. The van der Waals surface area contributed by atoms with Crippen molar-refractivity contribution in [3.63, 3.8) is 0 Å². The highest BCUT2D eigenvalue weighted by atomic mass is 19.1. The van der Waals surface area contributed by atoms with Gasteiger partial charge in [0.15, 0.2) is 5.82 Å². The highest BCUT2D eigenvalue weighted by molar-refractivity contribution is 5.93. The molecule has 2 aromatic rings. The number of nitrogens with zero attached hydrogens (tertiary/aromatic N) is 2. The van der Waals surface area contributed by atoms with E-state index in [9.17, 15) is 9.18 Å². The smallest absolute Gasteiger partial charge is 0.242 e. The summed E-state index contributed by atoms with van der Waals surface area (Å²) in [5.41, 5.74) is 6.44. The van der Waals surface area contributed by atoms with Gasteiger partial charge < -0.3 is 15.8 Å². The summed E-state index contributed by atoms with van der Waals surface area (Å²) in [6.07, 6.45) is 0.737. The summed E-state index contributed by atoms with van der Waals surface area (Å²) in [5, 5.41) is 6.97. The van der Waals surface area contributed by atoms with Gasteiger partial charge in [-0.05, 0) is 38.1 Å². The van der Waals surface area contributed by atoms with Gasteiger partial charge in [0.2, 0.25) is 5.91 Å². The monoisotopic (exact) mass is 320 g/mol. The lowest BCUT2D eigenvalue weighted by atomic mass is 10.3. The molecule has 1 heterocycles. The number of aryl methyl sites for hydroxylation is 2. The third-order valence-corrected chi connectivity index (χ3v) is 3.24. The molecule has 0 spiro atoms. The van der Waals surface area contributed by atoms with Crippen LogP contribution >= 0.6 is 0 Å². The van der Waals surface area contributed by atoms with Crippen LogP contribution in [0.2, 0.25) is 0 Å². The van der Waals surface area contributed by atoms with Crippen LogP contribution in [0.4, 0.5) is 10.2 Å². The Morgan fingerprint density at radius 3 is 2.78 bits per heavy atom. The van der Waals surface area contributed by atoms with Crippen molar-refractivity contribution in [3.8, 4) is 5.75 Å². The molecule has 1 amide bonds. The van der Waals surface area contributed by atoms with Crippen molar-refractivity contribution < 1.29 is 13.9 Å². The summed E-state index contributed by atoms with van der Waals surface area (Å²) >= 11 is 0. The molecule has 1 unspecified atom stereocenters. The van der Waals surface area contributed by atoms with E-state index < -0.39 is 6.04 Å². The number of nitrogens with two attached hydrogens (primary N) is 1. The summed E-state index contributed by atoms with van der Waals surface area (Å²) in [6, 6.07) is 7.12. The SMILES string of the molecule is Cc1cc(NC(=O)C(C)N)nn1CCCOc1ccc(F)cc1. The van der Waals surface area contributed by atoms with E-state index in [1.165, 1.54) is 12.1 Å². The highest BCUT2D eigenvalue weighted by Crippen LogP contribution is 2.12. The molecule has 0 saturated carbocycles. The number of carbonyl (C=O) groups excluding carboxylic acids is 1. The molecule has 0 fully saturated rings. The normalized spacial score (nSPS) is 12.0. The van der Waals surface area contributed by atoms with Gasteiger partial charge in [0, 0.05) is 24.7 Å². The molecule has 2 rings (SSSR count). The molecule has 1 aromatic heterocycles. The minimum Gasteiger partial charge on any atom is -0.494 e. The van der Waals surface area contributed by atoms with E-state index in [2.05, 4.69) is 10.4 Å². The first kappa shape index (κ1) is 17.0. The molecule has 23 heavy (non-hydrogen) atoms. The Hall–Kier alpha value is -2.41. The van der Waals surface area contributed by atoms with Gasteiger partial charge in [-0.15, -0.1) is 0 Å². The second-order valence-corrected chi connectivity index (χ2v) is 5.33. The molecular weight excluding hydrogens is 299 g/mol. The summed E-state index contributed by atoms with van der Waals surface area (Å²) in [7, 11) is 0. The lowest BCUT2D eigenvalue weighted by Crippen LogP contribution is -2.32. The van der Waals surface area contributed by atoms with E-state index in [-0.39, 0.29) is 11.7 Å². The van der Waals surface area contributed by atoms with Gasteiger partial charge >= 0.3 is 0 Å². The van der Waals surface area contributed by atoms with Gasteiger partial charge in [-0.3, -0.25) is 9.48 Å². The van der Waals surface area contributed by atoms with Crippen LogP contribution in [0, 0.1) is 12.7 Å². The zero-order valence-electron chi connectivity index (χ0n) is 13.3. The van der Waals surface area contributed by atoms with Gasteiger partial charge in [-0.25, -0.2) is 4.39 Å². The summed E-state index contributed by atoms with van der Waals surface area (Å²) in [5.74, 6) is 0.568. The molecule has 0 aliphatic heterocycles. The van der Waals surface area contributed by atoms with Gasteiger partial charge in [0.05, 0.1) is 12.6 Å². The Morgan fingerprint density at radius 2 is 2.13 bits per heavy atom. The van der Waals surface area contributed by atoms with Crippen LogP contribution < -0.4 is 15.8 Å². The molecule has 3 N–H and O–H groups in total. The summed E-state index contributed by atoms with van der Waals surface area (Å²) < 4.78 is 20.1. The molecule has 6 nitrogen and oxygen atoms in total. The molecule has 7 heteroatoms. The topological polar surface area (TPSA) is 82.2 Å². The lowest BCUT2D eigenvalue weighted by Gasteiger charge is -2.07. The molecule has 0 aliphatic rings. The van der Waals surface area contributed by atoms with Gasteiger partial charge in [0.25, 0.3) is 0 Å². The van der Waals surface area contributed by atoms with E-state index in [1.54, 1.807) is 29.8 Å². The fourth-order valence-electron chi connectivity index (χ4n) is 1.97. The summed E-state index contributed by atoms with van der Waals surface area (Å²) in [4.78, 5) is 11.5. The minimum absolute atomic E-state index is 0.269. The van der Waals surface area contributed by atoms with E-state index in [0.717, 1.165) is 12.1 Å². The zero-order chi connectivity index (χ0) is 16.8. The second-order valence-electron chi connectivity index (χ2n) is 5.33. The number of halogens is 1. The number of amides is 1. The number of ether oxygens (including phenoxy) is 1. The van der Waals surface area contributed by atoms with Crippen LogP contribution in [-0.4, -0.2) is 28.3 Å². The Morgan fingerprint density at radius 1 is 1.43 bits per heavy atom. The largest absolute Gasteiger partial charge is 0.494 e. The quantitative estimate of drug-likeness (QED) is 0.765. The standard InChI is InChI=1S/C16H21FN4O2/c1-11-10-15(19-16(22)12(2)18)20-21(11)8-3-9-23-14-6-4-13(17)5-7-14/h4-7,10,12H,3,8-9,18H2,1-2H3,(H,19,20,22). The van der Waals surface area contributed by atoms with Crippen molar-refractivity contribution in [1.82, 2.24) is 9.78 Å². The van der Waals surface area contributed by atoms with Crippen molar-refractivity contribution in [2.45, 2.75) is 32.9 Å². The van der Waals surface area contributed by atoms with Gasteiger partial charge in [0.1, 0.15) is 11.6 Å². The third kappa shape index (κ3) is 5.07. The maximum absolute atomic E-state index is 12.8. The number of carbonyl (C=O) groups is 1. The van der Waals surface area contributed by atoms with Crippen LogP contribution in [0.25, 0.3) is 0 Å². The van der Waals surface area contributed by atoms with Crippen molar-refractivity contribution in [3.05, 3.63) is 41.8 Å². The first-order valence-corrected chi connectivity index (χ1v) is 7.45. The Bertz CT molecular complexity index is 653. The first-order valence-electron chi connectivity index (χ1n) is 7.45. The molecule has 0 aliphatic carbocycles. The number of benzene rings is 1. The van der Waals surface area contributed by atoms with Crippen molar-refractivity contribution >= 4 is 11.7 Å².